The van der Waals surface area contributed by atoms with Gasteiger partial charge in [-0.2, -0.15) is 0 Å². The highest BCUT2D eigenvalue weighted by molar-refractivity contribution is 5.17. The minimum Gasteiger partial charge on any atom is -0.389 e. The van der Waals surface area contributed by atoms with Gasteiger partial charge in [0.25, 0.3) is 0 Å². The van der Waals surface area contributed by atoms with Crippen LogP contribution >= 0.6 is 0 Å². The first-order valence-electron chi connectivity index (χ1n) is 5.62. The summed E-state index contributed by atoms with van der Waals surface area (Å²) in [5, 5.41) is 10.4. The van der Waals surface area contributed by atoms with Gasteiger partial charge in [-0.25, -0.2) is 0 Å². The molecular formula is C14H18O. The molecule has 80 valence electrons. The first-order chi connectivity index (χ1) is 7.21. The van der Waals surface area contributed by atoms with E-state index in [1.165, 1.54) is 5.56 Å². The summed E-state index contributed by atoms with van der Waals surface area (Å²) in [5.74, 6) is 0.315. The van der Waals surface area contributed by atoms with Gasteiger partial charge in [0.05, 0.1) is 5.60 Å². The third-order valence-electron chi connectivity index (χ3n) is 3.41. The number of rotatable bonds is 3. The summed E-state index contributed by atoms with van der Waals surface area (Å²) >= 11 is 0. The van der Waals surface area contributed by atoms with Crippen LogP contribution in [0.3, 0.4) is 0 Å². The predicted octanol–water partition coefficient (Wildman–Crippen LogP) is 2.95. The lowest BCUT2D eigenvalue weighted by Crippen LogP contribution is -2.34. The third kappa shape index (κ3) is 2.29. The van der Waals surface area contributed by atoms with Crippen molar-refractivity contribution in [3.8, 4) is 0 Å². The van der Waals surface area contributed by atoms with Crippen molar-refractivity contribution in [2.24, 2.45) is 5.92 Å². The van der Waals surface area contributed by atoms with Crippen molar-refractivity contribution >= 4 is 0 Å². The molecule has 1 N–H and O–H groups in total. The Bertz CT molecular complexity index is 332. The van der Waals surface area contributed by atoms with Crippen molar-refractivity contribution in [1.29, 1.82) is 0 Å². The molecule has 1 aromatic carbocycles. The molecule has 0 spiro atoms. The fraction of sp³-hybridized carbons (Fsp3) is 0.429. The second-order valence-corrected chi connectivity index (χ2v) is 4.57. The molecule has 0 unspecified atom stereocenters. The third-order valence-corrected chi connectivity index (χ3v) is 3.41. The average Bonchev–Trinajstić information content (AvgIpc) is 2.68. The summed E-state index contributed by atoms with van der Waals surface area (Å²) in [5.41, 5.74) is 0.806. The Morgan fingerprint density at radius 1 is 1.20 bits per heavy atom. The summed E-state index contributed by atoms with van der Waals surface area (Å²) in [6.07, 6.45) is 6.74. The van der Waals surface area contributed by atoms with Crippen LogP contribution in [0.1, 0.15) is 25.3 Å². The zero-order valence-electron chi connectivity index (χ0n) is 9.19. The van der Waals surface area contributed by atoms with Gasteiger partial charge in [-0.05, 0) is 30.7 Å². The zero-order valence-corrected chi connectivity index (χ0v) is 9.19. The average molecular weight is 202 g/mol. The van der Waals surface area contributed by atoms with Gasteiger partial charge in [-0.1, -0.05) is 49.4 Å². The molecule has 1 atom stereocenters. The standard InChI is InChI=1S/C14H18O/c1-12(14(15)9-5-6-10-14)11-13-7-3-2-4-8-13/h2-8,12,15H,9-11H2,1H3/t12-/m1/s1. The van der Waals surface area contributed by atoms with E-state index in [9.17, 15) is 5.11 Å². The fourth-order valence-corrected chi connectivity index (χ4v) is 2.22. The molecule has 0 heterocycles. The van der Waals surface area contributed by atoms with Gasteiger partial charge in [-0.3, -0.25) is 0 Å². The van der Waals surface area contributed by atoms with Crippen LogP contribution in [0.4, 0.5) is 0 Å². The van der Waals surface area contributed by atoms with E-state index in [4.69, 9.17) is 0 Å². The Morgan fingerprint density at radius 3 is 2.40 bits per heavy atom. The van der Waals surface area contributed by atoms with E-state index in [1.807, 2.05) is 6.07 Å². The van der Waals surface area contributed by atoms with E-state index in [0.717, 1.165) is 19.3 Å². The van der Waals surface area contributed by atoms with Gasteiger partial charge < -0.3 is 5.11 Å². The first-order valence-corrected chi connectivity index (χ1v) is 5.62. The number of hydrogen-bond donors (Lipinski definition) is 1. The smallest absolute Gasteiger partial charge is 0.0744 e. The number of hydrogen-bond acceptors (Lipinski definition) is 1. The lowest BCUT2D eigenvalue weighted by molar-refractivity contribution is 0.000606. The van der Waals surface area contributed by atoms with Crippen molar-refractivity contribution in [3.63, 3.8) is 0 Å². The highest BCUT2D eigenvalue weighted by Crippen LogP contribution is 2.33. The molecule has 0 saturated carbocycles. The number of aliphatic hydroxyl groups is 1. The molecule has 0 saturated heterocycles. The molecule has 2 rings (SSSR count). The summed E-state index contributed by atoms with van der Waals surface area (Å²) < 4.78 is 0. The van der Waals surface area contributed by atoms with Crippen LogP contribution in [-0.2, 0) is 6.42 Å². The molecule has 1 heteroatoms. The fourth-order valence-electron chi connectivity index (χ4n) is 2.22. The van der Waals surface area contributed by atoms with E-state index < -0.39 is 5.60 Å². The number of benzene rings is 1. The lowest BCUT2D eigenvalue weighted by Gasteiger charge is -2.29. The van der Waals surface area contributed by atoms with Crippen molar-refractivity contribution < 1.29 is 5.11 Å². The van der Waals surface area contributed by atoms with E-state index >= 15 is 0 Å². The maximum atomic E-state index is 10.4. The van der Waals surface area contributed by atoms with E-state index in [-0.39, 0.29) is 0 Å². The Hall–Kier alpha value is -1.08. The second kappa shape index (κ2) is 4.19. The normalized spacial score (nSPS) is 20.4. The monoisotopic (exact) mass is 202 g/mol. The van der Waals surface area contributed by atoms with Crippen LogP contribution in [0.25, 0.3) is 0 Å². The van der Waals surface area contributed by atoms with Gasteiger partial charge in [0.1, 0.15) is 0 Å². The Morgan fingerprint density at radius 2 is 1.80 bits per heavy atom. The lowest BCUT2D eigenvalue weighted by atomic mass is 9.82. The van der Waals surface area contributed by atoms with Crippen molar-refractivity contribution in [2.75, 3.05) is 0 Å². The molecule has 1 aliphatic rings. The van der Waals surface area contributed by atoms with Gasteiger partial charge >= 0.3 is 0 Å². The highest BCUT2D eigenvalue weighted by atomic mass is 16.3. The SMILES string of the molecule is C[C@H](Cc1ccccc1)C1(O)CC=CC1. The maximum Gasteiger partial charge on any atom is 0.0744 e. The largest absolute Gasteiger partial charge is 0.389 e. The molecule has 1 aromatic rings. The summed E-state index contributed by atoms with van der Waals surface area (Å²) in [6.45, 7) is 2.14. The molecule has 0 aromatic heterocycles. The van der Waals surface area contributed by atoms with Gasteiger partial charge in [0, 0.05) is 0 Å². The molecule has 0 radical (unpaired) electrons. The predicted molar refractivity (Wildman–Crippen MR) is 62.6 cm³/mol. The van der Waals surface area contributed by atoms with Crippen LogP contribution in [0, 0.1) is 5.92 Å². The quantitative estimate of drug-likeness (QED) is 0.747. The highest BCUT2D eigenvalue weighted by Gasteiger charge is 2.33. The molecule has 15 heavy (non-hydrogen) atoms. The van der Waals surface area contributed by atoms with Crippen LogP contribution < -0.4 is 0 Å². The molecule has 0 amide bonds. The summed E-state index contributed by atoms with van der Waals surface area (Å²) in [4.78, 5) is 0. The molecular weight excluding hydrogens is 184 g/mol. The van der Waals surface area contributed by atoms with Crippen molar-refractivity contribution in [3.05, 3.63) is 48.0 Å². The molecule has 1 aliphatic carbocycles. The van der Waals surface area contributed by atoms with E-state index in [1.54, 1.807) is 0 Å². The van der Waals surface area contributed by atoms with Crippen molar-refractivity contribution in [1.82, 2.24) is 0 Å². The van der Waals surface area contributed by atoms with E-state index in [2.05, 4.69) is 43.3 Å². The summed E-state index contributed by atoms with van der Waals surface area (Å²) in [7, 11) is 0. The minimum atomic E-state index is -0.504. The zero-order chi connectivity index (χ0) is 10.7. The van der Waals surface area contributed by atoms with E-state index in [0.29, 0.717) is 5.92 Å². The Labute approximate surface area is 91.4 Å². The molecule has 0 aliphatic heterocycles. The topological polar surface area (TPSA) is 20.2 Å². The van der Waals surface area contributed by atoms with Gasteiger partial charge in [0.15, 0.2) is 0 Å². The van der Waals surface area contributed by atoms with Gasteiger partial charge in [0.2, 0.25) is 0 Å². The molecule has 1 nitrogen and oxygen atoms in total. The van der Waals surface area contributed by atoms with Crippen LogP contribution in [0.15, 0.2) is 42.5 Å². The Kier molecular flexibility index (Phi) is 2.92. The second-order valence-electron chi connectivity index (χ2n) is 4.57. The van der Waals surface area contributed by atoms with Crippen LogP contribution in [0.2, 0.25) is 0 Å². The molecule has 0 bridgehead atoms. The maximum absolute atomic E-state index is 10.4. The molecule has 0 fully saturated rings. The van der Waals surface area contributed by atoms with Crippen LogP contribution in [-0.4, -0.2) is 10.7 Å². The van der Waals surface area contributed by atoms with Crippen LogP contribution in [0.5, 0.6) is 0 Å². The Balaban J connectivity index is 2.01. The van der Waals surface area contributed by atoms with Gasteiger partial charge in [-0.15, -0.1) is 0 Å². The first kappa shape index (κ1) is 10.4. The minimum absolute atomic E-state index is 0.315. The summed E-state index contributed by atoms with van der Waals surface area (Å²) in [6, 6.07) is 10.4. The van der Waals surface area contributed by atoms with Crippen molar-refractivity contribution in [2.45, 2.75) is 31.8 Å².